The summed E-state index contributed by atoms with van der Waals surface area (Å²) in [6, 6.07) is 4.77. The van der Waals surface area contributed by atoms with Gasteiger partial charge >= 0.3 is 5.69 Å². The number of nitrogens with one attached hydrogen (secondary N) is 2. The first-order valence-electron chi connectivity index (χ1n) is 6.33. The lowest BCUT2D eigenvalue weighted by molar-refractivity contribution is -0.385. The van der Waals surface area contributed by atoms with Crippen molar-refractivity contribution in [1.82, 2.24) is 9.97 Å². The largest absolute Gasteiger partial charge is 0.487 e. The number of hydrogen-bond acceptors (Lipinski definition) is 5. The van der Waals surface area contributed by atoms with E-state index in [2.05, 4.69) is 15.3 Å². The van der Waals surface area contributed by atoms with Crippen molar-refractivity contribution >= 4 is 11.4 Å². The highest BCUT2D eigenvalue weighted by Crippen LogP contribution is 2.29. The second-order valence-corrected chi connectivity index (χ2v) is 4.13. The Bertz CT molecular complexity index is 569. The Morgan fingerprint density at radius 1 is 1.50 bits per heavy atom. The molecular weight excluding hydrogens is 260 g/mol. The van der Waals surface area contributed by atoms with Crippen LogP contribution < -0.4 is 10.1 Å². The molecule has 0 aliphatic carbocycles. The fourth-order valence-electron chi connectivity index (χ4n) is 1.81. The molecule has 0 aliphatic heterocycles. The molecule has 2 N–H and O–H groups in total. The van der Waals surface area contributed by atoms with Crippen molar-refractivity contribution < 1.29 is 9.66 Å². The number of benzene rings is 1. The number of imidazole rings is 1. The molecule has 20 heavy (non-hydrogen) atoms. The average molecular weight is 276 g/mol. The summed E-state index contributed by atoms with van der Waals surface area (Å²) in [6.45, 7) is 2.88. The summed E-state index contributed by atoms with van der Waals surface area (Å²) in [5.41, 5.74) is 1.80. The van der Waals surface area contributed by atoms with E-state index in [0.717, 1.165) is 17.8 Å². The number of H-pyrrole nitrogens is 1. The van der Waals surface area contributed by atoms with E-state index in [9.17, 15) is 10.1 Å². The summed E-state index contributed by atoms with van der Waals surface area (Å²) in [6.07, 6.45) is 4.19. The summed E-state index contributed by atoms with van der Waals surface area (Å²) < 4.78 is 5.29. The van der Waals surface area contributed by atoms with Gasteiger partial charge in [0.25, 0.3) is 0 Å². The van der Waals surface area contributed by atoms with Crippen LogP contribution in [0.4, 0.5) is 11.4 Å². The van der Waals surface area contributed by atoms with Crippen molar-refractivity contribution in [3.05, 3.63) is 46.5 Å². The van der Waals surface area contributed by atoms with Gasteiger partial charge in [-0.2, -0.15) is 0 Å². The Morgan fingerprint density at radius 2 is 2.35 bits per heavy atom. The lowest BCUT2D eigenvalue weighted by Gasteiger charge is -2.09. The van der Waals surface area contributed by atoms with E-state index in [1.165, 1.54) is 6.07 Å². The van der Waals surface area contributed by atoms with Gasteiger partial charge in [-0.1, -0.05) is 0 Å². The third-order valence-electron chi connectivity index (χ3n) is 2.73. The molecular formula is C13H16N4O3. The molecule has 0 saturated heterocycles. The molecule has 0 saturated carbocycles. The van der Waals surface area contributed by atoms with Crippen molar-refractivity contribution in [2.75, 3.05) is 18.5 Å². The zero-order valence-corrected chi connectivity index (χ0v) is 11.1. The third kappa shape index (κ3) is 3.47. The number of rotatable bonds is 7. The topological polar surface area (TPSA) is 93.1 Å². The molecule has 1 aromatic carbocycles. The molecule has 2 aromatic rings. The van der Waals surface area contributed by atoms with Gasteiger partial charge in [0.2, 0.25) is 0 Å². The number of aromatic nitrogens is 2. The second kappa shape index (κ2) is 6.55. The first-order valence-corrected chi connectivity index (χ1v) is 6.33. The Balaban J connectivity index is 2.01. The fourth-order valence-corrected chi connectivity index (χ4v) is 1.81. The van der Waals surface area contributed by atoms with Gasteiger partial charge in [0.05, 0.1) is 17.9 Å². The number of nitrogens with zero attached hydrogens (tertiary/aromatic N) is 2. The molecule has 0 fully saturated rings. The van der Waals surface area contributed by atoms with E-state index in [0.29, 0.717) is 13.2 Å². The molecule has 7 nitrogen and oxygen atoms in total. The summed E-state index contributed by atoms with van der Waals surface area (Å²) in [7, 11) is 0. The Hall–Kier alpha value is -2.57. The highest BCUT2D eigenvalue weighted by molar-refractivity contribution is 5.58. The van der Waals surface area contributed by atoms with Crippen molar-refractivity contribution in [2.45, 2.75) is 13.3 Å². The van der Waals surface area contributed by atoms with Crippen LogP contribution in [0.1, 0.15) is 12.6 Å². The van der Waals surface area contributed by atoms with Crippen LogP contribution >= 0.6 is 0 Å². The van der Waals surface area contributed by atoms with Crippen LogP contribution in [0.5, 0.6) is 5.75 Å². The maximum atomic E-state index is 10.9. The van der Waals surface area contributed by atoms with Gasteiger partial charge in [0, 0.05) is 42.7 Å². The first kappa shape index (κ1) is 13.9. The van der Waals surface area contributed by atoms with E-state index in [1.807, 2.05) is 0 Å². The third-order valence-corrected chi connectivity index (χ3v) is 2.73. The minimum atomic E-state index is -0.445. The van der Waals surface area contributed by atoms with Crippen molar-refractivity contribution in [3.63, 3.8) is 0 Å². The molecule has 0 amide bonds. The van der Waals surface area contributed by atoms with E-state index in [-0.39, 0.29) is 11.4 Å². The SMILES string of the molecule is CCOc1cc(NCCc2cnc[nH]2)ccc1[N+](=O)[O-]. The lowest BCUT2D eigenvalue weighted by atomic mass is 10.2. The molecule has 0 atom stereocenters. The molecule has 0 bridgehead atoms. The number of anilines is 1. The van der Waals surface area contributed by atoms with Gasteiger partial charge in [0.15, 0.2) is 5.75 Å². The maximum Gasteiger partial charge on any atom is 0.311 e. The van der Waals surface area contributed by atoms with Crippen molar-refractivity contribution in [3.8, 4) is 5.75 Å². The van der Waals surface area contributed by atoms with Crippen molar-refractivity contribution in [2.24, 2.45) is 0 Å². The minimum Gasteiger partial charge on any atom is -0.487 e. The quantitative estimate of drug-likeness (QED) is 0.598. The van der Waals surface area contributed by atoms with Crippen LogP contribution in [0.25, 0.3) is 0 Å². The monoisotopic (exact) mass is 276 g/mol. The van der Waals surface area contributed by atoms with E-state index < -0.39 is 4.92 Å². The zero-order valence-electron chi connectivity index (χ0n) is 11.1. The van der Waals surface area contributed by atoms with Crippen LogP contribution in [0.3, 0.4) is 0 Å². The predicted octanol–water partition coefficient (Wildman–Crippen LogP) is 2.37. The van der Waals surface area contributed by atoms with Crippen LogP contribution in [0.2, 0.25) is 0 Å². The number of nitro groups is 1. The highest BCUT2D eigenvalue weighted by Gasteiger charge is 2.15. The fraction of sp³-hybridized carbons (Fsp3) is 0.308. The molecule has 2 rings (SSSR count). The van der Waals surface area contributed by atoms with Crippen LogP contribution in [0.15, 0.2) is 30.7 Å². The summed E-state index contributed by atoms with van der Waals surface area (Å²) in [5.74, 6) is 0.282. The summed E-state index contributed by atoms with van der Waals surface area (Å²) in [5, 5.41) is 14.1. The van der Waals surface area contributed by atoms with E-state index in [4.69, 9.17) is 4.74 Å². The van der Waals surface area contributed by atoms with E-state index in [1.54, 1.807) is 31.6 Å². The molecule has 0 radical (unpaired) electrons. The molecule has 0 unspecified atom stereocenters. The minimum absolute atomic E-state index is 0.0223. The zero-order chi connectivity index (χ0) is 14.4. The molecule has 106 valence electrons. The van der Waals surface area contributed by atoms with Gasteiger partial charge in [-0.25, -0.2) is 4.98 Å². The summed E-state index contributed by atoms with van der Waals surface area (Å²) >= 11 is 0. The normalized spacial score (nSPS) is 10.2. The maximum absolute atomic E-state index is 10.9. The highest BCUT2D eigenvalue weighted by atomic mass is 16.6. The van der Waals surface area contributed by atoms with E-state index >= 15 is 0 Å². The molecule has 7 heteroatoms. The van der Waals surface area contributed by atoms with Gasteiger partial charge in [-0.15, -0.1) is 0 Å². The van der Waals surface area contributed by atoms with Crippen LogP contribution in [-0.4, -0.2) is 28.0 Å². The van der Waals surface area contributed by atoms with Crippen LogP contribution in [0, 0.1) is 10.1 Å². The van der Waals surface area contributed by atoms with Gasteiger partial charge in [-0.05, 0) is 13.0 Å². The number of ether oxygens (including phenoxy) is 1. The first-order chi connectivity index (χ1) is 9.70. The second-order valence-electron chi connectivity index (χ2n) is 4.13. The number of aromatic amines is 1. The van der Waals surface area contributed by atoms with Gasteiger partial charge in [0.1, 0.15) is 0 Å². The van der Waals surface area contributed by atoms with Gasteiger partial charge < -0.3 is 15.0 Å². The Morgan fingerprint density at radius 3 is 3.00 bits per heavy atom. The average Bonchev–Trinajstić information content (AvgIpc) is 2.92. The molecule has 1 heterocycles. The molecule has 0 aliphatic rings. The predicted molar refractivity (Wildman–Crippen MR) is 75.0 cm³/mol. The molecule has 1 aromatic heterocycles. The standard InChI is InChI=1S/C13H16N4O3/c1-2-20-13-7-10(3-4-12(13)17(18)19)15-6-5-11-8-14-9-16-11/h3-4,7-9,15H,2,5-6H2,1H3,(H,14,16). The molecule has 0 spiro atoms. The van der Waals surface area contributed by atoms with Gasteiger partial charge in [-0.3, -0.25) is 10.1 Å². The number of hydrogen-bond donors (Lipinski definition) is 2. The van der Waals surface area contributed by atoms with Crippen LogP contribution in [-0.2, 0) is 6.42 Å². The number of nitro benzene ring substituents is 1. The smallest absolute Gasteiger partial charge is 0.311 e. The van der Waals surface area contributed by atoms with Crippen molar-refractivity contribution in [1.29, 1.82) is 0 Å². The lowest BCUT2D eigenvalue weighted by Crippen LogP contribution is -2.06. The summed E-state index contributed by atoms with van der Waals surface area (Å²) in [4.78, 5) is 17.4. The Kier molecular flexibility index (Phi) is 4.54. The Labute approximate surface area is 116 Å².